The van der Waals surface area contributed by atoms with Gasteiger partial charge >= 0.3 is 5.97 Å². The lowest BCUT2D eigenvalue weighted by molar-refractivity contribution is -0.141. The molecule has 12 nitrogen and oxygen atoms in total. The van der Waals surface area contributed by atoms with Crippen molar-refractivity contribution in [3.63, 3.8) is 0 Å². The van der Waals surface area contributed by atoms with Gasteiger partial charge in [0, 0.05) is 32.1 Å². The normalized spacial score (nSPS) is 15.3. The monoisotopic (exact) mass is 613 g/mol. The molecule has 1 saturated heterocycles. The topological polar surface area (TPSA) is 138 Å². The highest BCUT2D eigenvalue weighted by Crippen LogP contribution is 2.30. The molecule has 0 atom stereocenters. The number of hydrogen-bond donors (Lipinski definition) is 2. The van der Waals surface area contributed by atoms with Gasteiger partial charge < -0.3 is 19.3 Å². The minimum absolute atomic E-state index is 0.0694. The fraction of sp³-hybridized carbons (Fsp3) is 0.433. The molecule has 2 heterocycles. The Kier molecular flexibility index (Phi) is 11.3. The Bertz CT molecular complexity index is 1350. The lowest BCUT2D eigenvalue weighted by Gasteiger charge is -2.26. The van der Waals surface area contributed by atoms with Crippen LogP contribution in [0.1, 0.15) is 48.5 Å². The minimum atomic E-state index is -0.552. The van der Waals surface area contributed by atoms with Crippen molar-refractivity contribution < 1.29 is 33.4 Å². The van der Waals surface area contributed by atoms with Crippen molar-refractivity contribution in [2.75, 3.05) is 50.8 Å². The second-order valence-electron chi connectivity index (χ2n) is 10.3. The summed E-state index contributed by atoms with van der Waals surface area (Å²) in [5.41, 5.74) is 6.17. The van der Waals surface area contributed by atoms with Gasteiger partial charge in [0.25, 0.3) is 11.8 Å². The third-order valence-corrected chi connectivity index (χ3v) is 7.46. The van der Waals surface area contributed by atoms with Gasteiger partial charge in [-0.15, -0.1) is 0 Å². The number of halogens is 1. The van der Waals surface area contributed by atoms with Crippen molar-refractivity contribution >= 4 is 46.9 Å². The Morgan fingerprint density at radius 1 is 0.930 bits per heavy atom. The van der Waals surface area contributed by atoms with Crippen LogP contribution >= 0.6 is 11.6 Å². The molecule has 0 unspecified atom stereocenters. The van der Waals surface area contributed by atoms with Gasteiger partial charge in [-0.25, -0.2) is 0 Å². The minimum Gasteiger partial charge on any atom is -0.490 e. The molecule has 2 aliphatic rings. The third-order valence-electron chi connectivity index (χ3n) is 7.14. The Morgan fingerprint density at radius 3 is 2.42 bits per heavy atom. The van der Waals surface area contributed by atoms with Gasteiger partial charge in [0.1, 0.15) is 32.1 Å². The predicted octanol–water partition coefficient (Wildman–Crippen LogP) is 2.29. The Hall–Kier alpha value is -4.16. The molecular formula is C30H36ClN5O7. The summed E-state index contributed by atoms with van der Waals surface area (Å²) in [5, 5.41) is 0.122. The number of benzene rings is 2. The van der Waals surface area contributed by atoms with Crippen LogP contribution in [0.25, 0.3) is 0 Å². The van der Waals surface area contributed by atoms with Crippen molar-refractivity contribution in [2.45, 2.75) is 39.2 Å². The number of esters is 1. The van der Waals surface area contributed by atoms with E-state index >= 15 is 0 Å². The van der Waals surface area contributed by atoms with Gasteiger partial charge in [-0.1, -0.05) is 36.2 Å². The van der Waals surface area contributed by atoms with Crippen LogP contribution in [0.3, 0.4) is 0 Å². The number of anilines is 1. The van der Waals surface area contributed by atoms with E-state index in [0.717, 1.165) is 25.9 Å². The second-order valence-corrected chi connectivity index (χ2v) is 10.8. The van der Waals surface area contributed by atoms with Crippen LogP contribution in [-0.2, 0) is 30.5 Å². The number of likely N-dealkylation sites (tertiary alicyclic amines) is 1. The molecule has 2 aliphatic heterocycles. The van der Waals surface area contributed by atoms with E-state index in [9.17, 15) is 24.0 Å². The zero-order chi connectivity index (χ0) is 30.8. The van der Waals surface area contributed by atoms with Gasteiger partial charge in [-0.2, -0.15) is 0 Å². The number of carbonyl (C=O) groups is 5. The molecule has 4 amide bonds. The first kappa shape index (κ1) is 31.8. The molecule has 43 heavy (non-hydrogen) atoms. The molecule has 0 saturated carbocycles. The number of ether oxygens (including phenoxy) is 2. The summed E-state index contributed by atoms with van der Waals surface area (Å²) >= 11 is 6.44. The quantitative estimate of drug-likeness (QED) is 0.237. The lowest BCUT2D eigenvalue weighted by Crippen LogP contribution is -2.49. The average molecular weight is 614 g/mol. The Balaban J connectivity index is 1.36. The summed E-state index contributed by atoms with van der Waals surface area (Å²) in [4.78, 5) is 67.7. The molecule has 0 spiro atoms. The number of nitrogens with one attached hydrogen (secondary N) is 2. The van der Waals surface area contributed by atoms with Gasteiger partial charge in [0.05, 0.1) is 10.6 Å². The van der Waals surface area contributed by atoms with Crippen LogP contribution < -0.4 is 20.5 Å². The third kappa shape index (κ3) is 9.16. The number of hydrogen-bond acceptors (Lipinski definition) is 8. The SMILES string of the molecule is CC(=O)OCCOc1ccc(C(=O)N2CC(=O)N(CC(=O)NNC(=O)CCN3CCCCC3)Cc3ccccc32)c(Cl)c1. The lowest BCUT2D eigenvalue weighted by atomic mass is 10.1. The van der Waals surface area contributed by atoms with Crippen LogP contribution in [0.15, 0.2) is 42.5 Å². The van der Waals surface area contributed by atoms with Crippen molar-refractivity contribution in [3.8, 4) is 5.75 Å². The van der Waals surface area contributed by atoms with E-state index in [1.54, 1.807) is 30.3 Å². The Morgan fingerprint density at radius 2 is 1.67 bits per heavy atom. The highest BCUT2D eigenvalue weighted by molar-refractivity contribution is 6.34. The van der Waals surface area contributed by atoms with E-state index in [1.807, 2.05) is 0 Å². The van der Waals surface area contributed by atoms with Crippen molar-refractivity contribution in [1.82, 2.24) is 20.7 Å². The molecule has 2 aromatic rings. The molecule has 1 fully saturated rings. The number of fused-ring (bicyclic) bond motifs is 1. The van der Waals surface area contributed by atoms with E-state index in [4.69, 9.17) is 21.1 Å². The maximum Gasteiger partial charge on any atom is 0.302 e. The highest BCUT2D eigenvalue weighted by Gasteiger charge is 2.31. The maximum atomic E-state index is 13.7. The standard InChI is InChI=1S/C30H36ClN5O7/c1-21(37)42-15-16-43-23-9-10-24(25(31)17-23)30(41)36-20-29(40)35(18-22-7-3-4-8-26(22)36)19-28(39)33-32-27(38)11-14-34-12-5-2-6-13-34/h3-4,7-10,17H,2,5-6,11-16,18-20H2,1H3,(H,32,38)(H,33,39). The highest BCUT2D eigenvalue weighted by atomic mass is 35.5. The van der Waals surface area contributed by atoms with Gasteiger partial charge in [0.15, 0.2) is 0 Å². The van der Waals surface area contributed by atoms with Crippen molar-refractivity contribution in [3.05, 3.63) is 58.6 Å². The van der Waals surface area contributed by atoms with Crippen LogP contribution in [0.4, 0.5) is 5.69 Å². The van der Waals surface area contributed by atoms with Crippen LogP contribution in [0, 0.1) is 0 Å². The first-order valence-electron chi connectivity index (χ1n) is 14.2. The van der Waals surface area contributed by atoms with E-state index in [-0.39, 0.29) is 55.8 Å². The summed E-state index contributed by atoms with van der Waals surface area (Å²) in [7, 11) is 0. The van der Waals surface area contributed by atoms with Crippen LogP contribution in [0.2, 0.25) is 5.02 Å². The average Bonchev–Trinajstić information content (AvgIpc) is 3.13. The molecule has 4 rings (SSSR count). The molecule has 0 aromatic heterocycles. The van der Waals surface area contributed by atoms with E-state index < -0.39 is 23.7 Å². The van der Waals surface area contributed by atoms with Gasteiger partial charge in [-0.3, -0.25) is 39.7 Å². The molecule has 0 bridgehead atoms. The van der Waals surface area contributed by atoms with Crippen molar-refractivity contribution in [2.24, 2.45) is 0 Å². The summed E-state index contributed by atoms with van der Waals surface area (Å²) < 4.78 is 10.4. The van der Waals surface area contributed by atoms with Crippen LogP contribution in [-0.4, -0.2) is 85.3 Å². The summed E-state index contributed by atoms with van der Waals surface area (Å²) in [5.74, 6) is -1.83. The number of hydrazine groups is 1. The summed E-state index contributed by atoms with van der Waals surface area (Å²) in [6.07, 6.45) is 3.73. The van der Waals surface area contributed by atoms with Gasteiger partial charge in [0.2, 0.25) is 11.8 Å². The molecule has 13 heteroatoms. The fourth-order valence-corrected chi connectivity index (χ4v) is 5.21. The predicted molar refractivity (Wildman–Crippen MR) is 158 cm³/mol. The maximum absolute atomic E-state index is 13.7. The molecule has 2 N–H and O–H groups in total. The fourth-order valence-electron chi connectivity index (χ4n) is 4.95. The summed E-state index contributed by atoms with van der Waals surface area (Å²) in [6, 6.07) is 11.6. The summed E-state index contributed by atoms with van der Waals surface area (Å²) in [6.45, 7) is 3.54. The largest absolute Gasteiger partial charge is 0.490 e. The first-order valence-corrected chi connectivity index (χ1v) is 14.6. The number of rotatable bonds is 10. The number of amides is 4. The van der Waals surface area contributed by atoms with Crippen molar-refractivity contribution in [1.29, 1.82) is 0 Å². The molecule has 0 radical (unpaired) electrons. The van der Waals surface area contributed by atoms with Crippen LogP contribution in [0.5, 0.6) is 5.75 Å². The number of para-hydroxylation sites is 1. The Labute approximate surface area is 255 Å². The first-order chi connectivity index (χ1) is 20.7. The molecule has 0 aliphatic carbocycles. The zero-order valence-corrected chi connectivity index (χ0v) is 24.9. The second kappa shape index (κ2) is 15.4. The van der Waals surface area contributed by atoms with E-state index in [1.165, 1.54) is 35.3 Å². The smallest absolute Gasteiger partial charge is 0.302 e. The zero-order valence-electron chi connectivity index (χ0n) is 24.1. The molecule has 2 aromatic carbocycles. The van der Waals surface area contributed by atoms with E-state index in [0.29, 0.717) is 23.5 Å². The number of carbonyl (C=O) groups excluding carboxylic acids is 5. The number of nitrogens with zero attached hydrogens (tertiary/aromatic N) is 3. The molecular weight excluding hydrogens is 578 g/mol. The molecule has 230 valence electrons. The number of piperidine rings is 1. The van der Waals surface area contributed by atoms with Gasteiger partial charge in [-0.05, 0) is 55.8 Å². The van der Waals surface area contributed by atoms with E-state index in [2.05, 4.69) is 15.8 Å².